The zero-order valence-electron chi connectivity index (χ0n) is 13.3. The number of carbonyl (C=O) groups excluding carboxylic acids is 1. The van der Waals surface area contributed by atoms with Gasteiger partial charge in [-0.1, -0.05) is 11.6 Å². The summed E-state index contributed by atoms with van der Waals surface area (Å²) in [5.41, 5.74) is 3.19. The Morgan fingerprint density at radius 1 is 1.40 bits per heavy atom. The van der Waals surface area contributed by atoms with E-state index in [2.05, 4.69) is 10.5 Å². The maximum Gasteiger partial charge on any atom is 0.250 e. The number of halogens is 2. The first kappa shape index (κ1) is 19.9. The number of rotatable bonds is 7. The number of amides is 1. The Hall–Kier alpha value is -1.45. The van der Waals surface area contributed by atoms with Crippen LogP contribution in [-0.2, 0) is 4.79 Å². The summed E-state index contributed by atoms with van der Waals surface area (Å²) in [6.07, 6.45) is 1.51. The van der Waals surface area contributed by atoms with Crippen molar-refractivity contribution in [2.24, 2.45) is 5.10 Å². The first-order valence-electron chi connectivity index (χ1n) is 7.35. The van der Waals surface area contributed by atoms with Crippen molar-refractivity contribution < 1.29 is 14.6 Å². The summed E-state index contributed by atoms with van der Waals surface area (Å²) < 4.78 is 6.01. The molecule has 0 fully saturated rings. The van der Waals surface area contributed by atoms with Gasteiger partial charge < -0.3 is 9.84 Å². The number of carbonyl (C=O) groups is 1. The summed E-state index contributed by atoms with van der Waals surface area (Å²) in [4.78, 5) is 12.8. The number of phenols is 1. The van der Waals surface area contributed by atoms with Gasteiger partial charge in [-0.15, -0.1) is 11.8 Å². The summed E-state index contributed by atoms with van der Waals surface area (Å²) in [5.74, 6) is 0.522. The lowest BCUT2D eigenvalue weighted by Gasteiger charge is -2.08. The molecule has 2 aromatic rings. The van der Waals surface area contributed by atoms with Crippen molar-refractivity contribution in [1.29, 1.82) is 0 Å². The van der Waals surface area contributed by atoms with E-state index < -0.39 is 0 Å². The monoisotopic (exact) mass is 490 g/mol. The van der Waals surface area contributed by atoms with Crippen LogP contribution in [0.5, 0.6) is 11.5 Å². The van der Waals surface area contributed by atoms with Crippen LogP contribution < -0.4 is 10.2 Å². The second kappa shape index (κ2) is 9.88. The molecule has 5 nitrogen and oxygen atoms in total. The molecule has 25 heavy (non-hydrogen) atoms. The van der Waals surface area contributed by atoms with Gasteiger partial charge in [-0.05, 0) is 71.5 Å². The van der Waals surface area contributed by atoms with Crippen LogP contribution in [0.15, 0.2) is 46.4 Å². The normalized spacial score (nSPS) is 10.8. The average Bonchev–Trinajstić information content (AvgIpc) is 2.59. The van der Waals surface area contributed by atoms with E-state index in [1.54, 1.807) is 24.3 Å². The second-order valence-corrected chi connectivity index (χ2v) is 7.47. The van der Waals surface area contributed by atoms with E-state index in [0.717, 1.165) is 10.5 Å². The Kier molecular flexibility index (Phi) is 7.86. The van der Waals surface area contributed by atoms with E-state index in [9.17, 15) is 9.90 Å². The Balaban J connectivity index is 1.89. The molecular formula is C17H16ClIN2O3S. The van der Waals surface area contributed by atoms with Gasteiger partial charge in [0.25, 0.3) is 0 Å². The molecule has 0 unspecified atom stereocenters. The molecule has 0 saturated carbocycles. The third kappa shape index (κ3) is 6.41. The number of hydrazone groups is 1. The third-order valence-electron chi connectivity index (χ3n) is 2.94. The van der Waals surface area contributed by atoms with E-state index >= 15 is 0 Å². The summed E-state index contributed by atoms with van der Waals surface area (Å²) in [5, 5.41) is 14.5. The van der Waals surface area contributed by atoms with Gasteiger partial charge in [0, 0.05) is 9.92 Å². The van der Waals surface area contributed by atoms with Crippen molar-refractivity contribution in [2.75, 3.05) is 12.4 Å². The van der Waals surface area contributed by atoms with Crippen LogP contribution in [0.4, 0.5) is 0 Å². The minimum absolute atomic E-state index is 0.100. The van der Waals surface area contributed by atoms with Gasteiger partial charge in [0.1, 0.15) is 0 Å². The zero-order chi connectivity index (χ0) is 18.2. The number of thioether (sulfide) groups is 1. The first-order valence-corrected chi connectivity index (χ1v) is 9.79. The number of benzene rings is 2. The lowest BCUT2D eigenvalue weighted by atomic mass is 10.2. The highest BCUT2D eigenvalue weighted by molar-refractivity contribution is 14.1. The molecule has 0 aliphatic rings. The van der Waals surface area contributed by atoms with Crippen molar-refractivity contribution >= 4 is 58.1 Å². The highest BCUT2D eigenvalue weighted by atomic mass is 127. The lowest BCUT2D eigenvalue weighted by Crippen LogP contribution is -2.19. The predicted molar refractivity (Wildman–Crippen MR) is 110 cm³/mol. The van der Waals surface area contributed by atoms with Crippen LogP contribution >= 0.6 is 46.0 Å². The number of phenolic OH excluding ortho intramolecular Hbond substituents is 1. The Morgan fingerprint density at radius 3 is 2.80 bits per heavy atom. The Labute approximate surface area is 168 Å². The Morgan fingerprint density at radius 2 is 2.12 bits per heavy atom. The molecule has 0 atom stereocenters. The molecule has 0 aromatic heterocycles. The van der Waals surface area contributed by atoms with Crippen LogP contribution in [0.3, 0.4) is 0 Å². The molecule has 2 N–H and O–H groups in total. The number of aromatic hydroxyl groups is 1. The summed E-state index contributed by atoms with van der Waals surface area (Å²) in [6, 6.07) is 10.7. The first-order chi connectivity index (χ1) is 12.0. The largest absolute Gasteiger partial charge is 0.504 e. The minimum atomic E-state index is -0.213. The molecule has 0 aliphatic heterocycles. The number of nitrogens with zero attached hydrogens (tertiary/aromatic N) is 1. The molecule has 2 aromatic carbocycles. The standard InChI is InChI=1S/C17H16ClIN2O3S/c1-2-24-15-8-11(7-14(19)17(15)23)9-20-21-16(22)10-25-13-5-3-12(18)4-6-13/h3-9,23H,2,10H2,1H3,(H,21,22)/b20-9-. The van der Waals surface area contributed by atoms with Gasteiger partial charge in [-0.3, -0.25) is 4.79 Å². The van der Waals surface area contributed by atoms with Gasteiger partial charge >= 0.3 is 0 Å². The molecule has 132 valence electrons. The molecule has 0 saturated heterocycles. The van der Waals surface area contributed by atoms with Gasteiger partial charge in [-0.25, -0.2) is 5.43 Å². The molecule has 0 aliphatic carbocycles. The highest BCUT2D eigenvalue weighted by Crippen LogP contribution is 2.32. The van der Waals surface area contributed by atoms with Crippen molar-refractivity contribution in [2.45, 2.75) is 11.8 Å². The van der Waals surface area contributed by atoms with Crippen LogP contribution in [0.25, 0.3) is 0 Å². The van der Waals surface area contributed by atoms with Gasteiger partial charge in [0.05, 0.1) is 22.1 Å². The second-order valence-electron chi connectivity index (χ2n) is 4.82. The van der Waals surface area contributed by atoms with Gasteiger partial charge in [-0.2, -0.15) is 5.10 Å². The number of hydrogen-bond donors (Lipinski definition) is 2. The molecule has 1 amide bonds. The fourth-order valence-corrected chi connectivity index (χ4v) is 3.27. The fourth-order valence-electron chi connectivity index (χ4n) is 1.82. The van der Waals surface area contributed by atoms with Crippen LogP contribution in [0.1, 0.15) is 12.5 Å². The molecular weight excluding hydrogens is 475 g/mol. The number of nitrogens with one attached hydrogen (secondary N) is 1. The topological polar surface area (TPSA) is 70.9 Å². The fraction of sp³-hybridized carbons (Fsp3) is 0.176. The molecule has 2 rings (SSSR count). The molecule has 0 bridgehead atoms. The maximum absolute atomic E-state index is 11.8. The minimum Gasteiger partial charge on any atom is -0.504 e. The highest BCUT2D eigenvalue weighted by Gasteiger charge is 2.08. The van der Waals surface area contributed by atoms with E-state index in [1.807, 2.05) is 41.6 Å². The van der Waals surface area contributed by atoms with Gasteiger partial charge in [0.2, 0.25) is 5.91 Å². The van der Waals surface area contributed by atoms with Crippen molar-refractivity contribution in [3.63, 3.8) is 0 Å². The maximum atomic E-state index is 11.8. The van der Waals surface area contributed by atoms with Crippen LogP contribution in [0.2, 0.25) is 5.02 Å². The van der Waals surface area contributed by atoms with Crippen LogP contribution in [0, 0.1) is 3.57 Å². The van der Waals surface area contributed by atoms with E-state index in [-0.39, 0.29) is 17.4 Å². The Bertz CT molecular complexity index is 769. The quantitative estimate of drug-likeness (QED) is 0.263. The van der Waals surface area contributed by atoms with Crippen molar-refractivity contribution in [1.82, 2.24) is 5.43 Å². The summed E-state index contributed by atoms with van der Waals surface area (Å²) in [6.45, 7) is 2.29. The van der Waals surface area contributed by atoms with E-state index in [4.69, 9.17) is 16.3 Å². The SMILES string of the molecule is CCOc1cc(/C=N\NC(=O)CSc2ccc(Cl)cc2)cc(I)c1O. The molecule has 8 heteroatoms. The lowest BCUT2D eigenvalue weighted by molar-refractivity contribution is -0.118. The van der Waals surface area contributed by atoms with Crippen molar-refractivity contribution in [3.05, 3.63) is 50.6 Å². The van der Waals surface area contributed by atoms with E-state index in [1.165, 1.54) is 18.0 Å². The zero-order valence-corrected chi connectivity index (χ0v) is 17.1. The average molecular weight is 491 g/mol. The van der Waals surface area contributed by atoms with Crippen LogP contribution in [-0.4, -0.2) is 29.6 Å². The number of ether oxygens (including phenoxy) is 1. The molecule has 0 radical (unpaired) electrons. The smallest absolute Gasteiger partial charge is 0.250 e. The predicted octanol–water partition coefficient (Wildman–Crippen LogP) is 4.29. The van der Waals surface area contributed by atoms with Gasteiger partial charge in [0.15, 0.2) is 11.5 Å². The number of hydrogen-bond acceptors (Lipinski definition) is 5. The summed E-state index contributed by atoms with van der Waals surface area (Å²) in [7, 11) is 0. The molecule has 0 heterocycles. The summed E-state index contributed by atoms with van der Waals surface area (Å²) >= 11 is 9.23. The molecule has 0 spiro atoms. The third-order valence-corrected chi connectivity index (χ3v) is 5.02. The van der Waals surface area contributed by atoms with E-state index in [0.29, 0.717) is 20.9 Å². The van der Waals surface area contributed by atoms with Crippen molar-refractivity contribution in [3.8, 4) is 11.5 Å².